The highest BCUT2D eigenvalue weighted by molar-refractivity contribution is 5.35. The van der Waals surface area contributed by atoms with Crippen molar-refractivity contribution >= 4 is 5.82 Å². The zero-order valence-electron chi connectivity index (χ0n) is 10.5. The Morgan fingerprint density at radius 1 is 1.50 bits per heavy atom. The highest BCUT2D eigenvalue weighted by atomic mass is 15.3. The van der Waals surface area contributed by atoms with Crippen molar-refractivity contribution in [2.75, 3.05) is 18.4 Å². The van der Waals surface area contributed by atoms with Crippen molar-refractivity contribution in [2.45, 2.75) is 13.1 Å². The molecule has 1 aliphatic rings. The Balaban J connectivity index is 1.47. The van der Waals surface area contributed by atoms with Gasteiger partial charge < -0.3 is 10.6 Å². The van der Waals surface area contributed by atoms with Gasteiger partial charge in [0.15, 0.2) is 0 Å². The van der Waals surface area contributed by atoms with Crippen LogP contribution >= 0.6 is 0 Å². The molecule has 1 unspecified atom stereocenters. The molecule has 3 rings (SSSR count). The summed E-state index contributed by atoms with van der Waals surface area (Å²) in [5.74, 6) is 1.70. The number of anilines is 1. The Hall–Kier alpha value is -1.82. The third-order valence-corrected chi connectivity index (χ3v) is 3.24. The molecule has 3 heterocycles. The van der Waals surface area contributed by atoms with E-state index in [-0.39, 0.29) is 0 Å². The Labute approximate surface area is 106 Å². The van der Waals surface area contributed by atoms with Gasteiger partial charge in [-0.3, -0.25) is 4.68 Å². The second-order valence-electron chi connectivity index (χ2n) is 4.80. The smallest absolute Gasteiger partial charge is 0.124 e. The molecule has 0 aromatic carbocycles. The van der Waals surface area contributed by atoms with E-state index in [0.717, 1.165) is 32.0 Å². The van der Waals surface area contributed by atoms with Crippen LogP contribution in [0.2, 0.25) is 0 Å². The largest absolute Gasteiger partial charge is 0.370 e. The van der Waals surface area contributed by atoms with Crippen molar-refractivity contribution in [1.82, 2.24) is 24.9 Å². The number of aromatic nitrogens is 4. The number of nitrogens with zero attached hydrogens (tertiary/aromatic N) is 4. The lowest BCUT2D eigenvalue weighted by Crippen LogP contribution is -2.35. The van der Waals surface area contributed by atoms with Gasteiger partial charge in [-0.1, -0.05) is 0 Å². The highest BCUT2D eigenvalue weighted by Gasteiger charge is 2.17. The summed E-state index contributed by atoms with van der Waals surface area (Å²) in [7, 11) is 1.94. The topological polar surface area (TPSA) is 59.7 Å². The lowest BCUT2D eigenvalue weighted by Gasteiger charge is -2.25. The molecule has 2 N–H and O–H groups in total. The molecule has 0 saturated heterocycles. The third-order valence-electron chi connectivity index (χ3n) is 3.24. The molecule has 0 amide bonds. The Kier molecular flexibility index (Phi) is 3.02. The van der Waals surface area contributed by atoms with Crippen LogP contribution in [0.5, 0.6) is 0 Å². The van der Waals surface area contributed by atoms with E-state index in [1.807, 2.05) is 41.1 Å². The average molecular weight is 246 g/mol. The first kappa shape index (κ1) is 11.3. The number of hydrogen-bond donors (Lipinski definition) is 2. The van der Waals surface area contributed by atoms with Gasteiger partial charge in [0, 0.05) is 57.0 Å². The first-order chi connectivity index (χ1) is 8.81. The maximum absolute atomic E-state index is 4.29. The van der Waals surface area contributed by atoms with Crippen molar-refractivity contribution in [3.8, 4) is 0 Å². The van der Waals surface area contributed by atoms with E-state index in [4.69, 9.17) is 0 Å². The van der Waals surface area contributed by atoms with Crippen molar-refractivity contribution in [1.29, 1.82) is 0 Å². The van der Waals surface area contributed by atoms with E-state index in [1.54, 1.807) is 0 Å². The molecule has 18 heavy (non-hydrogen) atoms. The summed E-state index contributed by atoms with van der Waals surface area (Å²) in [4.78, 5) is 0. The van der Waals surface area contributed by atoms with Gasteiger partial charge in [0.2, 0.25) is 0 Å². The lowest BCUT2D eigenvalue weighted by atomic mass is 10.1. The normalized spacial score (nSPS) is 18.4. The van der Waals surface area contributed by atoms with Gasteiger partial charge >= 0.3 is 0 Å². The third kappa shape index (κ3) is 2.38. The van der Waals surface area contributed by atoms with E-state index in [1.165, 1.54) is 5.56 Å². The summed E-state index contributed by atoms with van der Waals surface area (Å²) in [6.07, 6.45) is 5.78. The molecule has 2 aromatic rings. The first-order valence-electron chi connectivity index (χ1n) is 6.25. The second kappa shape index (κ2) is 4.81. The molecule has 2 aromatic heterocycles. The molecule has 6 nitrogen and oxygen atoms in total. The Morgan fingerprint density at radius 2 is 2.44 bits per heavy atom. The summed E-state index contributed by atoms with van der Waals surface area (Å²) in [6, 6.07) is 2.01. The monoisotopic (exact) mass is 246 g/mol. The Morgan fingerprint density at radius 3 is 3.28 bits per heavy atom. The standard InChI is InChI=1S/C12H18N6/c1-17-8-11(7-16-17)5-13-4-10-6-14-12-2-3-15-18(12)9-10/h2-3,7-8,10,13-14H,4-6,9H2,1H3. The van der Waals surface area contributed by atoms with Crippen molar-refractivity contribution < 1.29 is 0 Å². The van der Waals surface area contributed by atoms with Crippen molar-refractivity contribution in [3.63, 3.8) is 0 Å². The van der Waals surface area contributed by atoms with Gasteiger partial charge in [-0.25, -0.2) is 4.68 Å². The number of nitrogens with one attached hydrogen (secondary N) is 2. The minimum Gasteiger partial charge on any atom is -0.370 e. The fourth-order valence-electron chi connectivity index (χ4n) is 2.31. The van der Waals surface area contributed by atoms with Crippen molar-refractivity contribution in [3.05, 3.63) is 30.2 Å². The molecular formula is C12H18N6. The SMILES string of the molecule is Cn1cc(CNCC2CNc3ccnn3C2)cn1. The van der Waals surface area contributed by atoms with Gasteiger partial charge in [-0.05, 0) is 0 Å². The molecule has 0 radical (unpaired) electrons. The number of fused-ring (bicyclic) bond motifs is 1. The van der Waals surface area contributed by atoms with E-state index in [9.17, 15) is 0 Å². The Bertz CT molecular complexity index is 514. The molecule has 6 heteroatoms. The molecule has 0 saturated carbocycles. The van der Waals surface area contributed by atoms with E-state index in [2.05, 4.69) is 20.8 Å². The summed E-state index contributed by atoms with van der Waals surface area (Å²) in [6.45, 7) is 3.85. The molecule has 1 aliphatic heterocycles. The number of hydrogen-bond acceptors (Lipinski definition) is 4. The molecule has 0 bridgehead atoms. The molecule has 0 fully saturated rings. The van der Waals surface area contributed by atoms with Crippen LogP contribution < -0.4 is 10.6 Å². The lowest BCUT2D eigenvalue weighted by molar-refractivity contribution is 0.391. The van der Waals surface area contributed by atoms with Crippen LogP contribution in [0.1, 0.15) is 5.56 Å². The maximum Gasteiger partial charge on any atom is 0.124 e. The summed E-state index contributed by atoms with van der Waals surface area (Å²) < 4.78 is 3.86. The van der Waals surface area contributed by atoms with E-state index in [0.29, 0.717) is 5.92 Å². The fourth-order valence-corrected chi connectivity index (χ4v) is 2.31. The molecule has 1 atom stereocenters. The molecular weight excluding hydrogens is 228 g/mol. The van der Waals surface area contributed by atoms with Crippen LogP contribution in [-0.4, -0.2) is 32.7 Å². The quantitative estimate of drug-likeness (QED) is 0.822. The molecule has 0 aliphatic carbocycles. The number of aryl methyl sites for hydroxylation is 1. The van der Waals surface area contributed by atoms with E-state index < -0.39 is 0 Å². The zero-order valence-corrected chi connectivity index (χ0v) is 10.5. The zero-order chi connectivity index (χ0) is 12.4. The van der Waals surface area contributed by atoms with Gasteiger partial charge in [-0.15, -0.1) is 0 Å². The van der Waals surface area contributed by atoms with E-state index >= 15 is 0 Å². The number of rotatable bonds is 4. The minimum atomic E-state index is 0.578. The predicted octanol–water partition coefficient (Wildman–Crippen LogP) is 0.448. The van der Waals surface area contributed by atoms with Gasteiger partial charge in [0.05, 0.1) is 12.4 Å². The summed E-state index contributed by atoms with van der Waals surface area (Å²) in [5.41, 5.74) is 1.22. The van der Waals surface area contributed by atoms with Gasteiger partial charge in [0.25, 0.3) is 0 Å². The first-order valence-corrected chi connectivity index (χ1v) is 6.25. The average Bonchev–Trinajstić information content (AvgIpc) is 2.97. The van der Waals surface area contributed by atoms with Crippen LogP contribution in [0.15, 0.2) is 24.7 Å². The summed E-state index contributed by atoms with van der Waals surface area (Å²) >= 11 is 0. The van der Waals surface area contributed by atoms with Crippen LogP contribution in [0.4, 0.5) is 5.82 Å². The molecule has 96 valence electrons. The molecule has 0 spiro atoms. The minimum absolute atomic E-state index is 0.578. The highest BCUT2D eigenvalue weighted by Crippen LogP contribution is 2.15. The second-order valence-corrected chi connectivity index (χ2v) is 4.80. The van der Waals surface area contributed by atoms with Crippen LogP contribution in [0.25, 0.3) is 0 Å². The van der Waals surface area contributed by atoms with Gasteiger partial charge in [0.1, 0.15) is 5.82 Å². The predicted molar refractivity (Wildman–Crippen MR) is 69.1 cm³/mol. The van der Waals surface area contributed by atoms with Crippen molar-refractivity contribution in [2.24, 2.45) is 13.0 Å². The van der Waals surface area contributed by atoms with Crippen LogP contribution in [0.3, 0.4) is 0 Å². The maximum atomic E-state index is 4.29. The van der Waals surface area contributed by atoms with Gasteiger partial charge in [-0.2, -0.15) is 10.2 Å². The fraction of sp³-hybridized carbons (Fsp3) is 0.500. The van der Waals surface area contributed by atoms with Crippen LogP contribution in [0, 0.1) is 5.92 Å². The van der Waals surface area contributed by atoms with Crippen LogP contribution in [-0.2, 0) is 20.1 Å². The summed E-state index contributed by atoms with van der Waals surface area (Å²) in [5, 5.41) is 15.3.